The molecule has 0 aliphatic heterocycles. The van der Waals surface area contributed by atoms with Crippen molar-refractivity contribution in [1.29, 1.82) is 0 Å². The number of methoxy groups -OCH3 is 1. The number of benzene rings is 1. The van der Waals surface area contributed by atoms with Crippen molar-refractivity contribution in [2.75, 3.05) is 12.8 Å². The summed E-state index contributed by atoms with van der Waals surface area (Å²) in [6.45, 7) is 2.05. The van der Waals surface area contributed by atoms with E-state index in [1.54, 1.807) is 13.2 Å². The van der Waals surface area contributed by atoms with Gasteiger partial charge in [0, 0.05) is 18.7 Å². The summed E-state index contributed by atoms with van der Waals surface area (Å²) < 4.78 is 10.1. The second-order valence-electron chi connectivity index (χ2n) is 4.06. The Hall–Kier alpha value is -1.81. The van der Waals surface area contributed by atoms with Crippen LogP contribution in [0.1, 0.15) is 12.5 Å². The van der Waals surface area contributed by atoms with Crippen LogP contribution in [0.25, 0.3) is 11.3 Å². The number of ether oxygens (including phenoxy) is 1. The fraction of sp³-hybridized carbons (Fsp3) is 0.308. The molecular weight excluding hydrogens is 216 g/mol. The number of nitrogens with two attached hydrogens (primary N) is 1. The summed E-state index contributed by atoms with van der Waals surface area (Å²) in [5.74, 6) is 0.331. The Balaban J connectivity index is 2.13. The van der Waals surface area contributed by atoms with Crippen molar-refractivity contribution >= 4 is 5.88 Å². The van der Waals surface area contributed by atoms with Gasteiger partial charge in [0.15, 0.2) is 0 Å². The second kappa shape index (κ2) is 5.01. The first-order valence-electron chi connectivity index (χ1n) is 5.53. The summed E-state index contributed by atoms with van der Waals surface area (Å²) in [7, 11) is 1.72. The Morgan fingerprint density at radius 1 is 1.35 bits per heavy atom. The van der Waals surface area contributed by atoms with Gasteiger partial charge in [-0.25, -0.2) is 0 Å². The molecule has 2 N–H and O–H groups in total. The number of nitrogen functional groups attached to an aromatic ring is 1. The standard InChI is InChI=1S/C13H16N2O2/c1-9(16-2)7-10-3-5-11(6-4-10)12-8-13(14)17-15-12/h3-6,8-9H,7,14H2,1-2H3. The van der Waals surface area contributed by atoms with Crippen molar-refractivity contribution in [2.45, 2.75) is 19.4 Å². The van der Waals surface area contributed by atoms with Crippen LogP contribution in [0.15, 0.2) is 34.9 Å². The topological polar surface area (TPSA) is 61.3 Å². The Morgan fingerprint density at radius 2 is 2.06 bits per heavy atom. The molecule has 0 saturated heterocycles. The summed E-state index contributed by atoms with van der Waals surface area (Å²) in [4.78, 5) is 0. The zero-order valence-corrected chi connectivity index (χ0v) is 10.0. The van der Waals surface area contributed by atoms with Gasteiger partial charge in [0.05, 0.1) is 6.10 Å². The molecule has 0 aliphatic carbocycles. The summed E-state index contributed by atoms with van der Waals surface area (Å²) in [5.41, 5.74) is 8.48. The molecule has 1 aromatic heterocycles. The Labute approximate surface area is 100 Å². The van der Waals surface area contributed by atoms with Crippen molar-refractivity contribution < 1.29 is 9.26 Å². The molecule has 0 spiro atoms. The number of hydrogen-bond acceptors (Lipinski definition) is 4. The molecule has 0 amide bonds. The summed E-state index contributed by atoms with van der Waals surface area (Å²) in [6.07, 6.45) is 1.13. The molecule has 1 atom stereocenters. The van der Waals surface area contributed by atoms with E-state index in [4.69, 9.17) is 15.0 Å². The molecule has 0 saturated carbocycles. The average Bonchev–Trinajstić information content (AvgIpc) is 2.77. The molecular formula is C13H16N2O2. The van der Waals surface area contributed by atoms with Crippen LogP contribution in [0.5, 0.6) is 0 Å². The van der Waals surface area contributed by atoms with Crippen LogP contribution < -0.4 is 5.73 Å². The fourth-order valence-electron chi connectivity index (χ4n) is 1.65. The van der Waals surface area contributed by atoms with E-state index in [1.165, 1.54) is 5.56 Å². The zero-order valence-electron chi connectivity index (χ0n) is 10.0. The third kappa shape index (κ3) is 2.85. The minimum atomic E-state index is 0.226. The van der Waals surface area contributed by atoms with Gasteiger partial charge in [0.2, 0.25) is 5.88 Å². The first-order chi connectivity index (χ1) is 8.19. The average molecular weight is 232 g/mol. The van der Waals surface area contributed by atoms with E-state index in [2.05, 4.69) is 17.3 Å². The van der Waals surface area contributed by atoms with E-state index in [9.17, 15) is 0 Å². The van der Waals surface area contributed by atoms with Gasteiger partial charge in [-0.3, -0.25) is 0 Å². The van der Waals surface area contributed by atoms with Crippen LogP contribution in [0, 0.1) is 0 Å². The van der Waals surface area contributed by atoms with Crippen LogP contribution in [-0.2, 0) is 11.2 Å². The van der Waals surface area contributed by atoms with Crippen molar-refractivity contribution in [1.82, 2.24) is 5.16 Å². The smallest absolute Gasteiger partial charge is 0.222 e. The van der Waals surface area contributed by atoms with Crippen molar-refractivity contribution in [3.05, 3.63) is 35.9 Å². The van der Waals surface area contributed by atoms with E-state index < -0.39 is 0 Å². The molecule has 4 heteroatoms. The molecule has 4 nitrogen and oxygen atoms in total. The molecule has 0 aliphatic rings. The van der Waals surface area contributed by atoms with Crippen molar-refractivity contribution in [2.24, 2.45) is 0 Å². The monoisotopic (exact) mass is 232 g/mol. The lowest BCUT2D eigenvalue weighted by atomic mass is 10.1. The van der Waals surface area contributed by atoms with Crippen LogP contribution >= 0.6 is 0 Å². The molecule has 0 radical (unpaired) electrons. The summed E-state index contributed by atoms with van der Waals surface area (Å²) >= 11 is 0. The fourth-order valence-corrected chi connectivity index (χ4v) is 1.65. The van der Waals surface area contributed by atoms with Gasteiger partial charge >= 0.3 is 0 Å². The van der Waals surface area contributed by atoms with Gasteiger partial charge in [-0.1, -0.05) is 29.4 Å². The van der Waals surface area contributed by atoms with Gasteiger partial charge in [0.1, 0.15) is 5.69 Å². The second-order valence-corrected chi connectivity index (χ2v) is 4.06. The number of rotatable bonds is 4. The molecule has 2 rings (SSSR count). The van der Waals surface area contributed by atoms with E-state index >= 15 is 0 Å². The Bertz CT molecular complexity index is 476. The molecule has 17 heavy (non-hydrogen) atoms. The molecule has 2 aromatic rings. The lowest BCUT2D eigenvalue weighted by Gasteiger charge is -2.09. The number of aromatic nitrogens is 1. The van der Waals surface area contributed by atoms with Gasteiger partial charge in [0.25, 0.3) is 0 Å². The van der Waals surface area contributed by atoms with Gasteiger partial charge in [-0.2, -0.15) is 0 Å². The van der Waals surface area contributed by atoms with E-state index in [-0.39, 0.29) is 6.10 Å². The molecule has 0 fully saturated rings. The van der Waals surface area contributed by atoms with Crippen molar-refractivity contribution in [3.8, 4) is 11.3 Å². The van der Waals surface area contributed by atoms with E-state index in [1.807, 2.05) is 19.1 Å². The lowest BCUT2D eigenvalue weighted by Crippen LogP contribution is -2.08. The minimum Gasteiger partial charge on any atom is -0.381 e. The zero-order chi connectivity index (χ0) is 12.3. The number of anilines is 1. The molecule has 0 bridgehead atoms. The SMILES string of the molecule is COC(C)Cc1ccc(-c2cc(N)on2)cc1. The third-order valence-corrected chi connectivity index (χ3v) is 2.70. The highest BCUT2D eigenvalue weighted by Gasteiger charge is 2.05. The van der Waals surface area contributed by atoms with Gasteiger partial charge < -0.3 is 15.0 Å². The summed E-state index contributed by atoms with van der Waals surface area (Å²) in [6, 6.07) is 9.86. The van der Waals surface area contributed by atoms with Crippen LogP contribution in [0.2, 0.25) is 0 Å². The first kappa shape index (κ1) is 11.7. The predicted octanol–water partition coefficient (Wildman–Crippen LogP) is 2.50. The predicted molar refractivity (Wildman–Crippen MR) is 66.5 cm³/mol. The van der Waals surface area contributed by atoms with Gasteiger partial charge in [-0.05, 0) is 18.9 Å². The van der Waals surface area contributed by atoms with E-state index in [0.717, 1.165) is 17.7 Å². The van der Waals surface area contributed by atoms with Crippen LogP contribution in [0.4, 0.5) is 5.88 Å². The Kier molecular flexibility index (Phi) is 3.44. The number of nitrogens with zero attached hydrogens (tertiary/aromatic N) is 1. The highest BCUT2D eigenvalue weighted by molar-refractivity contribution is 5.61. The third-order valence-electron chi connectivity index (χ3n) is 2.70. The quantitative estimate of drug-likeness (QED) is 0.879. The number of hydrogen-bond donors (Lipinski definition) is 1. The maximum absolute atomic E-state index is 5.48. The van der Waals surface area contributed by atoms with Crippen LogP contribution in [0.3, 0.4) is 0 Å². The lowest BCUT2D eigenvalue weighted by molar-refractivity contribution is 0.119. The normalized spacial score (nSPS) is 12.6. The molecule has 1 aromatic carbocycles. The minimum absolute atomic E-state index is 0.226. The van der Waals surface area contributed by atoms with Gasteiger partial charge in [-0.15, -0.1) is 0 Å². The highest BCUT2D eigenvalue weighted by atomic mass is 16.5. The maximum atomic E-state index is 5.48. The van der Waals surface area contributed by atoms with E-state index in [0.29, 0.717) is 5.88 Å². The van der Waals surface area contributed by atoms with Crippen molar-refractivity contribution in [3.63, 3.8) is 0 Å². The largest absolute Gasteiger partial charge is 0.381 e. The molecule has 90 valence electrons. The highest BCUT2D eigenvalue weighted by Crippen LogP contribution is 2.20. The molecule has 1 unspecified atom stereocenters. The van der Waals surface area contributed by atoms with Crippen LogP contribution in [-0.4, -0.2) is 18.4 Å². The summed E-state index contributed by atoms with van der Waals surface area (Å²) in [5, 5.41) is 3.87. The molecule has 1 heterocycles. The maximum Gasteiger partial charge on any atom is 0.222 e. The Morgan fingerprint density at radius 3 is 2.59 bits per heavy atom. The first-order valence-corrected chi connectivity index (χ1v) is 5.53.